The highest BCUT2D eigenvalue weighted by molar-refractivity contribution is 4.98. The zero-order chi connectivity index (χ0) is 10.6. The van der Waals surface area contributed by atoms with E-state index in [0.717, 1.165) is 25.6 Å². The van der Waals surface area contributed by atoms with Gasteiger partial charge in [-0.3, -0.25) is 0 Å². The van der Waals surface area contributed by atoms with Crippen molar-refractivity contribution >= 4 is 0 Å². The van der Waals surface area contributed by atoms with Crippen molar-refractivity contribution in [2.75, 3.05) is 13.2 Å². The number of nitrogens with two attached hydrogens (primary N) is 1. The van der Waals surface area contributed by atoms with Crippen LogP contribution in [0.15, 0.2) is 0 Å². The molecule has 0 spiro atoms. The summed E-state index contributed by atoms with van der Waals surface area (Å²) >= 11 is 0. The minimum absolute atomic E-state index is 0.344. The number of ether oxygens (including phenoxy) is 1. The minimum Gasteiger partial charge on any atom is -0.381 e. The van der Waals surface area contributed by atoms with Crippen molar-refractivity contribution in [3.8, 4) is 0 Å². The van der Waals surface area contributed by atoms with E-state index >= 15 is 0 Å². The van der Waals surface area contributed by atoms with E-state index in [4.69, 9.17) is 10.5 Å². The molecule has 1 saturated carbocycles. The van der Waals surface area contributed by atoms with Crippen LogP contribution in [0.25, 0.3) is 0 Å². The summed E-state index contributed by atoms with van der Waals surface area (Å²) < 4.78 is 5.61. The normalized spacial score (nSPS) is 21.2. The van der Waals surface area contributed by atoms with E-state index in [1.165, 1.54) is 19.3 Å². The molecule has 2 heteroatoms. The van der Waals surface area contributed by atoms with Gasteiger partial charge in [0.15, 0.2) is 0 Å². The van der Waals surface area contributed by atoms with Gasteiger partial charge >= 0.3 is 0 Å². The molecule has 14 heavy (non-hydrogen) atoms. The predicted octanol–water partition coefficient (Wildman–Crippen LogP) is 2.57. The average Bonchev–Trinajstić information content (AvgIpc) is 2.84. The first-order chi connectivity index (χ1) is 6.57. The molecule has 0 aliphatic heterocycles. The van der Waals surface area contributed by atoms with Gasteiger partial charge in [0.1, 0.15) is 0 Å². The molecule has 0 aromatic carbocycles. The van der Waals surface area contributed by atoms with Crippen molar-refractivity contribution in [1.82, 2.24) is 0 Å². The van der Waals surface area contributed by atoms with Crippen LogP contribution in [0.5, 0.6) is 0 Å². The van der Waals surface area contributed by atoms with Crippen molar-refractivity contribution in [3.63, 3.8) is 0 Å². The predicted molar refractivity (Wildman–Crippen MR) is 60.2 cm³/mol. The number of hydrogen-bond donors (Lipinski definition) is 1. The Kier molecular flexibility index (Phi) is 4.39. The van der Waals surface area contributed by atoms with Crippen molar-refractivity contribution in [3.05, 3.63) is 0 Å². The summed E-state index contributed by atoms with van der Waals surface area (Å²) in [6, 6.07) is 0.344. The van der Waals surface area contributed by atoms with Gasteiger partial charge in [-0.15, -0.1) is 0 Å². The second-order valence-electron chi connectivity index (χ2n) is 5.20. The maximum Gasteiger partial charge on any atom is 0.0471 e. The van der Waals surface area contributed by atoms with Crippen molar-refractivity contribution in [2.24, 2.45) is 17.1 Å². The summed E-state index contributed by atoms with van der Waals surface area (Å²) in [7, 11) is 0. The molecule has 0 saturated heterocycles. The van der Waals surface area contributed by atoms with Crippen LogP contribution in [0.1, 0.15) is 46.5 Å². The van der Waals surface area contributed by atoms with Gasteiger partial charge in [-0.2, -0.15) is 0 Å². The van der Waals surface area contributed by atoms with E-state index in [1.54, 1.807) is 0 Å². The van der Waals surface area contributed by atoms with Crippen LogP contribution in [-0.2, 0) is 4.74 Å². The molecule has 0 radical (unpaired) electrons. The van der Waals surface area contributed by atoms with Crippen LogP contribution in [0.3, 0.4) is 0 Å². The van der Waals surface area contributed by atoms with Crippen molar-refractivity contribution < 1.29 is 4.74 Å². The van der Waals surface area contributed by atoms with Gasteiger partial charge in [-0.25, -0.2) is 0 Å². The molecule has 1 aliphatic carbocycles. The lowest BCUT2D eigenvalue weighted by molar-refractivity contribution is 0.104. The zero-order valence-corrected chi connectivity index (χ0v) is 9.88. The maximum atomic E-state index is 5.94. The smallest absolute Gasteiger partial charge is 0.0471 e. The quantitative estimate of drug-likeness (QED) is 0.640. The molecule has 0 heterocycles. The zero-order valence-electron chi connectivity index (χ0n) is 9.88. The van der Waals surface area contributed by atoms with Gasteiger partial charge < -0.3 is 10.5 Å². The summed E-state index contributed by atoms with van der Waals surface area (Å²) in [6.07, 6.45) is 4.93. The third-order valence-electron chi connectivity index (χ3n) is 3.44. The fourth-order valence-corrected chi connectivity index (χ4v) is 1.79. The average molecular weight is 199 g/mol. The van der Waals surface area contributed by atoms with E-state index in [1.807, 2.05) is 0 Å². The van der Waals surface area contributed by atoms with Crippen LogP contribution >= 0.6 is 0 Å². The van der Waals surface area contributed by atoms with Crippen LogP contribution in [0.4, 0.5) is 0 Å². The molecule has 0 amide bonds. The minimum atomic E-state index is 0.344. The summed E-state index contributed by atoms with van der Waals surface area (Å²) in [4.78, 5) is 0. The van der Waals surface area contributed by atoms with E-state index in [-0.39, 0.29) is 0 Å². The monoisotopic (exact) mass is 199 g/mol. The molecule has 1 unspecified atom stereocenters. The Morgan fingerprint density at radius 1 is 1.21 bits per heavy atom. The lowest BCUT2D eigenvalue weighted by Gasteiger charge is -2.19. The summed E-state index contributed by atoms with van der Waals surface area (Å²) in [5.74, 6) is 0.748. The molecule has 1 aliphatic rings. The second-order valence-corrected chi connectivity index (χ2v) is 5.20. The molecule has 0 aromatic rings. The van der Waals surface area contributed by atoms with Gasteiger partial charge in [0.05, 0.1) is 0 Å². The van der Waals surface area contributed by atoms with Crippen LogP contribution in [-0.4, -0.2) is 19.3 Å². The first-order valence-corrected chi connectivity index (χ1v) is 5.90. The van der Waals surface area contributed by atoms with Gasteiger partial charge in [0, 0.05) is 19.3 Å². The van der Waals surface area contributed by atoms with Crippen LogP contribution < -0.4 is 5.73 Å². The molecular formula is C12H25NO. The Morgan fingerprint density at radius 3 is 2.29 bits per heavy atom. The van der Waals surface area contributed by atoms with E-state index in [0.29, 0.717) is 11.5 Å². The van der Waals surface area contributed by atoms with E-state index in [9.17, 15) is 0 Å². The number of hydrogen-bond acceptors (Lipinski definition) is 2. The Morgan fingerprint density at radius 2 is 1.86 bits per heavy atom. The summed E-state index contributed by atoms with van der Waals surface area (Å²) in [5.41, 5.74) is 6.38. The highest BCUT2D eigenvalue weighted by Crippen LogP contribution is 2.50. The van der Waals surface area contributed by atoms with Gasteiger partial charge in [0.25, 0.3) is 0 Å². The maximum absolute atomic E-state index is 5.94. The lowest BCUT2D eigenvalue weighted by atomic mass is 9.95. The molecule has 2 N–H and O–H groups in total. The Balaban J connectivity index is 1.99. The molecule has 84 valence electrons. The standard InChI is InChI=1S/C12H25NO/c1-10(2)4-8-14-9-7-12(5-6-12)11(3)13/h10-11H,4-9,13H2,1-3H3. The molecule has 1 fully saturated rings. The highest BCUT2D eigenvalue weighted by Gasteiger charge is 2.45. The molecular weight excluding hydrogens is 174 g/mol. The lowest BCUT2D eigenvalue weighted by Crippen LogP contribution is -2.29. The van der Waals surface area contributed by atoms with Crippen molar-refractivity contribution in [1.29, 1.82) is 0 Å². The van der Waals surface area contributed by atoms with E-state index in [2.05, 4.69) is 20.8 Å². The third-order valence-corrected chi connectivity index (χ3v) is 3.44. The Bertz CT molecular complexity index is 162. The highest BCUT2D eigenvalue weighted by atomic mass is 16.5. The largest absolute Gasteiger partial charge is 0.381 e. The fourth-order valence-electron chi connectivity index (χ4n) is 1.79. The molecule has 1 rings (SSSR count). The van der Waals surface area contributed by atoms with Crippen LogP contribution in [0, 0.1) is 11.3 Å². The second kappa shape index (κ2) is 5.13. The van der Waals surface area contributed by atoms with Crippen LogP contribution in [0.2, 0.25) is 0 Å². The third kappa shape index (κ3) is 3.58. The first kappa shape index (κ1) is 12.0. The molecule has 0 aromatic heterocycles. The fraction of sp³-hybridized carbons (Fsp3) is 1.00. The molecule has 0 bridgehead atoms. The van der Waals surface area contributed by atoms with Gasteiger partial charge in [-0.1, -0.05) is 13.8 Å². The Labute approximate surface area is 88.2 Å². The topological polar surface area (TPSA) is 35.2 Å². The molecule has 2 nitrogen and oxygen atoms in total. The first-order valence-electron chi connectivity index (χ1n) is 5.90. The number of rotatable bonds is 7. The van der Waals surface area contributed by atoms with Gasteiger partial charge in [0.2, 0.25) is 0 Å². The van der Waals surface area contributed by atoms with Crippen molar-refractivity contribution in [2.45, 2.75) is 52.5 Å². The SMILES string of the molecule is CC(C)CCOCCC1(C(C)N)CC1. The summed E-state index contributed by atoms with van der Waals surface area (Å²) in [5, 5.41) is 0. The molecule has 1 atom stereocenters. The summed E-state index contributed by atoms with van der Waals surface area (Å²) in [6.45, 7) is 8.39. The van der Waals surface area contributed by atoms with Gasteiger partial charge in [-0.05, 0) is 43.9 Å². The Hall–Kier alpha value is -0.0800. The van der Waals surface area contributed by atoms with E-state index < -0.39 is 0 Å².